The zero-order chi connectivity index (χ0) is 74.2. The second kappa shape index (κ2) is 35.9. The number of likely N-dealkylation sites (N-methyl/N-ethyl adjacent to an activating group) is 2. The van der Waals surface area contributed by atoms with Crippen molar-refractivity contribution in [2.24, 2.45) is 7.05 Å². The second-order valence-electron chi connectivity index (χ2n) is 30.2. The van der Waals surface area contributed by atoms with Gasteiger partial charge in [0.2, 0.25) is 11.9 Å². The zero-order valence-corrected chi connectivity index (χ0v) is 64.6. The Morgan fingerprint density at radius 3 is 1.08 bits per heavy atom. The van der Waals surface area contributed by atoms with Crippen LogP contribution in [0.5, 0.6) is 0 Å². The molecular formula is C86H107N19O. The minimum absolute atomic E-state index is 0.486. The molecule has 2 saturated carbocycles. The SMILES string of the molecule is CC(C)c1ccnc(-c2ccc(N3CCN(C)CC3)nc2)c1.CC(C)c1ccnc(-c2ccc3c(c2)c(C2CC2)nn3C)c1.CC(C)c1ccnc(-c2cnc(C3CCC3)nc2)c1.CC(C)c1ccnc(-c2cnc(N3CCN(C)CC3)nc2)c1.CC(C)c1ccnc(-c2cnc(N3CCOCC3)nc2)c1. The summed E-state index contributed by atoms with van der Waals surface area (Å²) in [5.74, 6) is 7.42. The highest BCUT2D eigenvalue weighted by Gasteiger charge is 2.29. The maximum Gasteiger partial charge on any atom is 0.225 e. The highest BCUT2D eigenvalue weighted by molar-refractivity contribution is 5.87. The van der Waals surface area contributed by atoms with Gasteiger partial charge in [-0.15, -0.1) is 0 Å². The van der Waals surface area contributed by atoms with Crippen LogP contribution in [-0.2, 0) is 11.8 Å². The molecule has 0 bridgehead atoms. The Bertz CT molecular complexity index is 4460. The van der Waals surface area contributed by atoms with Crippen molar-refractivity contribution in [2.45, 2.75) is 143 Å². The van der Waals surface area contributed by atoms with Crippen LogP contribution in [0.1, 0.15) is 182 Å². The molecule has 0 atom stereocenters. The standard InChI is InChI=1S/C19H21N3.C18H24N4.C17H23N5.C16H20N4O.C16H19N3/c1-12(2)14-8-9-20-17(11-14)15-6-7-18-16(10-15)19(13-4-5-13)21-22(18)3;1-14(2)15-6-7-19-17(12-15)16-4-5-18(20-13-16)22-10-8-21(3)9-11-22;1-13(2)14-4-5-18-16(10-14)15-11-19-17(20-12-15)22-8-6-21(3)7-9-22;1-12(2)13-3-4-17-15(9-13)14-10-18-16(19-11-14)20-5-7-21-8-6-20;1-11(2)13-6-7-17-15(8-13)14-9-18-16(19-10-14)12-4-3-5-12/h6-13H,4-5H2,1-3H3;4-7,12-14H,8-11H2,1-3H3;4-5,10-13H,6-9H2,1-3H3;3-4,9-12H,5-8H2,1-2H3;6-12H,3-5H2,1-2H3. The number of hydrogen-bond acceptors (Lipinski definition) is 19. The van der Waals surface area contributed by atoms with Gasteiger partial charge in [-0.2, -0.15) is 5.10 Å². The molecule has 3 aliphatic heterocycles. The van der Waals surface area contributed by atoms with Crippen LogP contribution < -0.4 is 14.7 Å². The molecule has 2 aliphatic carbocycles. The first-order chi connectivity index (χ1) is 51.4. The van der Waals surface area contributed by atoms with Crippen LogP contribution in [-0.4, -0.2) is 172 Å². The van der Waals surface area contributed by atoms with Crippen LogP contribution >= 0.6 is 0 Å². The molecule has 20 heteroatoms. The number of benzene rings is 1. The van der Waals surface area contributed by atoms with E-state index in [-0.39, 0.29) is 0 Å². The van der Waals surface area contributed by atoms with Gasteiger partial charge in [0.15, 0.2) is 0 Å². The smallest absolute Gasteiger partial charge is 0.225 e. The molecule has 5 fully saturated rings. The molecule has 0 radical (unpaired) electrons. The lowest BCUT2D eigenvalue weighted by Crippen LogP contribution is -2.45. The fraction of sp³-hybridized carbons (Fsp3) is 0.430. The Morgan fingerprint density at radius 2 is 0.708 bits per heavy atom. The van der Waals surface area contributed by atoms with Gasteiger partial charge in [0.05, 0.1) is 52.9 Å². The van der Waals surface area contributed by atoms with E-state index in [4.69, 9.17) is 9.84 Å². The van der Waals surface area contributed by atoms with Crippen molar-refractivity contribution in [1.82, 2.24) is 79.4 Å². The van der Waals surface area contributed by atoms with Crippen LogP contribution in [0.4, 0.5) is 17.7 Å². The van der Waals surface area contributed by atoms with Gasteiger partial charge in [0.25, 0.3) is 0 Å². The highest BCUT2D eigenvalue weighted by Crippen LogP contribution is 2.43. The van der Waals surface area contributed by atoms with Gasteiger partial charge in [-0.1, -0.05) is 81.7 Å². The lowest BCUT2D eigenvalue weighted by atomic mass is 9.85. The molecule has 10 aromatic heterocycles. The van der Waals surface area contributed by atoms with E-state index in [2.05, 4.69) is 259 Å². The Hall–Kier alpha value is -9.89. The number of nitrogens with zero attached hydrogens (tertiary/aromatic N) is 19. The Morgan fingerprint density at radius 1 is 0.340 bits per heavy atom. The van der Waals surface area contributed by atoms with E-state index in [9.17, 15) is 0 Å². The summed E-state index contributed by atoms with van der Waals surface area (Å²) >= 11 is 0. The fourth-order valence-corrected chi connectivity index (χ4v) is 13.0. The molecule has 0 unspecified atom stereocenters. The van der Waals surface area contributed by atoms with Gasteiger partial charge in [-0.05, 0) is 182 Å². The summed E-state index contributed by atoms with van der Waals surface area (Å²) in [5, 5.41) is 6.02. The summed E-state index contributed by atoms with van der Waals surface area (Å²) in [7, 11) is 6.35. The Balaban J connectivity index is 0.000000124. The van der Waals surface area contributed by atoms with Crippen LogP contribution in [0.25, 0.3) is 67.2 Å². The number of ether oxygens (including phenoxy) is 1. The zero-order valence-electron chi connectivity index (χ0n) is 64.6. The molecule has 16 rings (SSSR count). The summed E-state index contributed by atoms with van der Waals surface area (Å²) in [6, 6.07) is 32.0. The highest BCUT2D eigenvalue weighted by atomic mass is 16.5. The number of piperazine rings is 2. The predicted molar refractivity (Wildman–Crippen MR) is 429 cm³/mol. The maximum atomic E-state index is 5.34. The molecule has 0 spiro atoms. The lowest BCUT2D eigenvalue weighted by Gasteiger charge is -2.33. The van der Waals surface area contributed by atoms with Crippen molar-refractivity contribution < 1.29 is 4.74 Å². The summed E-state index contributed by atoms with van der Waals surface area (Å²) in [4.78, 5) is 65.4. The number of aromatic nitrogens is 14. The molecular weight excluding hydrogens is 1320 g/mol. The van der Waals surface area contributed by atoms with Crippen molar-refractivity contribution in [3.05, 3.63) is 205 Å². The normalized spacial score (nSPS) is 15.7. The number of aryl methyl sites for hydroxylation is 1. The van der Waals surface area contributed by atoms with E-state index in [1.54, 1.807) is 0 Å². The minimum atomic E-state index is 0.486. The first kappa shape index (κ1) is 75.8. The van der Waals surface area contributed by atoms with Gasteiger partial charge < -0.3 is 29.2 Å². The maximum absolute atomic E-state index is 5.34. The molecule has 0 N–H and O–H groups in total. The van der Waals surface area contributed by atoms with Crippen molar-refractivity contribution in [3.8, 4) is 56.3 Å². The van der Waals surface area contributed by atoms with E-state index in [0.29, 0.717) is 41.4 Å². The Labute approximate surface area is 627 Å². The van der Waals surface area contributed by atoms with Crippen LogP contribution in [0.3, 0.4) is 0 Å². The van der Waals surface area contributed by atoms with E-state index in [1.165, 1.54) is 82.1 Å². The first-order valence-electron chi connectivity index (χ1n) is 38.3. The van der Waals surface area contributed by atoms with Gasteiger partial charge in [-0.3, -0.25) is 29.6 Å². The monoisotopic (exact) mass is 1420 g/mol. The number of hydrogen-bond donors (Lipinski definition) is 0. The van der Waals surface area contributed by atoms with Crippen molar-refractivity contribution in [3.63, 3.8) is 0 Å². The molecule has 13 heterocycles. The minimum Gasteiger partial charge on any atom is -0.378 e. The average Bonchev–Trinajstić information content (AvgIpc) is 1.61. The predicted octanol–water partition coefficient (Wildman–Crippen LogP) is 16.5. The summed E-state index contributed by atoms with van der Waals surface area (Å²) in [6.07, 6.45) is 28.9. The molecule has 1 aromatic carbocycles. The largest absolute Gasteiger partial charge is 0.378 e. The van der Waals surface area contributed by atoms with E-state index >= 15 is 0 Å². The van der Waals surface area contributed by atoms with Crippen LogP contribution in [0.15, 0.2) is 165 Å². The molecule has 552 valence electrons. The van der Waals surface area contributed by atoms with Crippen molar-refractivity contribution in [2.75, 3.05) is 107 Å². The number of morpholine rings is 1. The molecule has 106 heavy (non-hydrogen) atoms. The van der Waals surface area contributed by atoms with Gasteiger partial charge in [0, 0.05) is 192 Å². The third-order valence-corrected chi connectivity index (χ3v) is 20.6. The van der Waals surface area contributed by atoms with Crippen molar-refractivity contribution >= 4 is 28.6 Å². The van der Waals surface area contributed by atoms with Crippen LogP contribution in [0, 0.1) is 0 Å². The van der Waals surface area contributed by atoms with Gasteiger partial charge in [-0.25, -0.2) is 34.9 Å². The second-order valence-corrected chi connectivity index (χ2v) is 30.2. The average molecular weight is 1420 g/mol. The Kier molecular flexibility index (Phi) is 25.7. The molecule has 3 saturated heterocycles. The van der Waals surface area contributed by atoms with E-state index in [0.717, 1.165) is 153 Å². The van der Waals surface area contributed by atoms with Crippen LogP contribution in [0.2, 0.25) is 0 Å². The summed E-state index contributed by atoms with van der Waals surface area (Å²) in [5.41, 5.74) is 19.1. The summed E-state index contributed by atoms with van der Waals surface area (Å²) in [6.45, 7) is 33.5. The number of fused-ring (bicyclic) bond motifs is 1. The number of rotatable bonds is 15. The molecule has 0 amide bonds. The number of pyridine rings is 6. The third-order valence-electron chi connectivity index (χ3n) is 20.6. The molecule has 20 nitrogen and oxygen atoms in total. The quantitative estimate of drug-likeness (QED) is 0.0938. The summed E-state index contributed by atoms with van der Waals surface area (Å²) < 4.78 is 7.35. The topological polar surface area (TPSA) is 198 Å². The fourth-order valence-electron chi connectivity index (χ4n) is 13.0. The van der Waals surface area contributed by atoms with Gasteiger partial charge in [0.1, 0.15) is 11.6 Å². The van der Waals surface area contributed by atoms with E-state index in [1.807, 2.05) is 86.1 Å². The third kappa shape index (κ3) is 20.0. The van der Waals surface area contributed by atoms with E-state index < -0.39 is 0 Å². The first-order valence-corrected chi connectivity index (χ1v) is 38.3. The van der Waals surface area contributed by atoms with Gasteiger partial charge >= 0.3 is 0 Å². The number of anilines is 3. The lowest BCUT2D eigenvalue weighted by molar-refractivity contribution is 0.122. The molecule has 11 aromatic rings. The van der Waals surface area contributed by atoms with Crippen molar-refractivity contribution in [1.29, 1.82) is 0 Å². The molecule has 5 aliphatic rings.